The third kappa shape index (κ3) is 5.05. The smallest absolute Gasteiger partial charge is 0.300 e. The van der Waals surface area contributed by atoms with E-state index in [-0.39, 0.29) is 24.5 Å². The van der Waals surface area contributed by atoms with E-state index >= 15 is 0 Å². The fourth-order valence-corrected chi connectivity index (χ4v) is 2.09. The van der Waals surface area contributed by atoms with Gasteiger partial charge in [0, 0.05) is 12.8 Å². The van der Waals surface area contributed by atoms with Crippen LogP contribution in [-0.4, -0.2) is 12.0 Å². The second-order valence-electron chi connectivity index (χ2n) is 4.91. The van der Waals surface area contributed by atoms with Crippen LogP contribution in [0, 0.1) is 5.92 Å². The van der Waals surface area contributed by atoms with E-state index in [0.29, 0.717) is 0 Å². The highest BCUT2D eigenvalue weighted by Gasteiger charge is 2.39. The van der Waals surface area contributed by atoms with Gasteiger partial charge in [0.2, 0.25) is 0 Å². The number of rotatable bonds is 6. The third-order valence-corrected chi connectivity index (χ3v) is 3.33. The SMILES string of the molecule is CCC(CC(=O)C[C@@H](C)c1ccccc1)C(F)(F)F. The van der Waals surface area contributed by atoms with Crippen LogP contribution in [0.4, 0.5) is 13.2 Å². The first kappa shape index (κ1) is 15.7. The van der Waals surface area contributed by atoms with Crippen molar-refractivity contribution in [3.8, 4) is 0 Å². The number of hydrogen-bond donors (Lipinski definition) is 0. The lowest BCUT2D eigenvalue weighted by Crippen LogP contribution is -2.25. The number of ketones is 1. The number of alkyl halides is 3. The van der Waals surface area contributed by atoms with Crippen LogP contribution in [0.15, 0.2) is 30.3 Å². The molecule has 0 radical (unpaired) electrons. The molecule has 1 nitrogen and oxygen atoms in total. The zero-order chi connectivity index (χ0) is 14.5. The number of carbonyl (C=O) groups is 1. The molecular weight excluding hydrogens is 253 g/mol. The van der Waals surface area contributed by atoms with Gasteiger partial charge in [0.05, 0.1) is 5.92 Å². The van der Waals surface area contributed by atoms with E-state index in [1.165, 1.54) is 6.92 Å². The Morgan fingerprint density at radius 1 is 1.16 bits per heavy atom. The molecule has 0 amide bonds. The molecule has 19 heavy (non-hydrogen) atoms. The van der Waals surface area contributed by atoms with Crippen LogP contribution in [-0.2, 0) is 4.79 Å². The molecule has 0 aliphatic heterocycles. The fraction of sp³-hybridized carbons (Fsp3) is 0.533. The van der Waals surface area contributed by atoms with Crippen LogP contribution in [0.25, 0.3) is 0 Å². The van der Waals surface area contributed by atoms with Crippen LogP contribution in [0.3, 0.4) is 0 Å². The highest BCUT2D eigenvalue weighted by atomic mass is 19.4. The summed E-state index contributed by atoms with van der Waals surface area (Å²) in [6, 6.07) is 9.37. The van der Waals surface area contributed by atoms with Crippen molar-refractivity contribution in [1.82, 2.24) is 0 Å². The van der Waals surface area contributed by atoms with Gasteiger partial charge in [0.25, 0.3) is 0 Å². The molecule has 1 unspecified atom stereocenters. The predicted molar refractivity (Wildman–Crippen MR) is 68.9 cm³/mol. The quantitative estimate of drug-likeness (QED) is 0.731. The van der Waals surface area contributed by atoms with E-state index < -0.39 is 18.5 Å². The molecule has 0 saturated heterocycles. The van der Waals surface area contributed by atoms with Gasteiger partial charge in [-0.05, 0) is 17.9 Å². The lowest BCUT2D eigenvalue weighted by Gasteiger charge is -2.19. The van der Waals surface area contributed by atoms with Gasteiger partial charge in [-0.15, -0.1) is 0 Å². The summed E-state index contributed by atoms with van der Waals surface area (Å²) in [6.45, 7) is 3.33. The summed E-state index contributed by atoms with van der Waals surface area (Å²) in [5.74, 6) is -1.87. The number of hydrogen-bond acceptors (Lipinski definition) is 1. The molecule has 0 N–H and O–H groups in total. The van der Waals surface area contributed by atoms with Crippen LogP contribution in [0.2, 0.25) is 0 Å². The Morgan fingerprint density at radius 2 is 1.74 bits per heavy atom. The minimum atomic E-state index is -4.28. The second-order valence-corrected chi connectivity index (χ2v) is 4.91. The van der Waals surface area contributed by atoms with Crippen LogP contribution in [0.1, 0.15) is 44.6 Å². The van der Waals surface area contributed by atoms with E-state index in [0.717, 1.165) is 5.56 Å². The lowest BCUT2D eigenvalue weighted by molar-refractivity contribution is -0.179. The van der Waals surface area contributed by atoms with E-state index in [2.05, 4.69) is 0 Å². The van der Waals surface area contributed by atoms with Gasteiger partial charge in [0.1, 0.15) is 5.78 Å². The largest absolute Gasteiger partial charge is 0.392 e. The molecule has 1 aromatic carbocycles. The van der Waals surface area contributed by atoms with E-state index in [1.54, 1.807) is 0 Å². The third-order valence-electron chi connectivity index (χ3n) is 3.33. The summed E-state index contributed by atoms with van der Waals surface area (Å²) in [5.41, 5.74) is 0.982. The molecule has 106 valence electrons. The zero-order valence-electron chi connectivity index (χ0n) is 11.2. The van der Waals surface area contributed by atoms with Gasteiger partial charge in [-0.2, -0.15) is 13.2 Å². The summed E-state index contributed by atoms with van der Waals surface area (Å²) in [6.07, 6.45) is -4.57. The highest BCUT2D eigenvalue weighted by Crippen LogP contribution is 2.32. The normalized spacial score (nSPS) is 15.0. The van der Waals surface area contributed by atoms with E-state index in [9.17, 15) is 18.0 Å². The zero-order valence-corrected chi connectivity index (χ0v) is 11.2. The molecule has 1 rings (SSSR count). The van der Waals surface area contributed by atoms with Gasteiger partial charge in [-0.1, -0.05) is 44.2 Å². The minimum Gasteiger partial charge on any atom is -0.300 e. The Morgan fingerprint density at radius 3 is 2.21 bits per heavy atom. The maximum atomic E-state index is 12.6. The van der Waals surface area contributed by atoms with Gasteiger partial charge < -0.3 is 0 Å². The molecule has 0 spiro atoms. The summed E-state index contributed by atoms with van der Waals surface area (Å²) in [4.78, 5) is 11.7. The Labute approximate surface area is 111 Å². The monoisotopic (exact) mass is 272 g/mol. The molecule has 0 aliphatic carbocycles. The first-order valence-corrected chi connectivity index (χ1v) is 6.48. The molecule has 2 atom stereocenters. The van der Waals surface area contributed by atoms with Crippen molar-refractivity contribution in [3.63, 3.8) is 0 Å². The molecule has 0 aliphatic rings. The predicted octanol–water partition coefficient (Wildman–Crippen LogP) is 4.73. The number of halogens is 3. The van der Waals surface area contributed by atoms with E-state index in [4.69, 9.17) is 0 Å². The van der Waals surface area contributed by atoms with Gasteiger partial charge in [-0.3, -0.25) is 4.79 Å². The van der Waals surface area contributed by atoms with Crippen molar-refractivity contribution in [3.05, 3.63) is 35.9 Å². The van der Waals surface area contributed by atoms with Crippen molar-refractivity contribution in [1.29, 1.82) is 0 Å². The second kappa shape index (κ2) is 6.73. The van der Waals surface area contributed by atoms with Crippen molar-refractivity contribution < 1.29 is 18.0 Å². The number of carbonyl (C=O) groups excluding carboxylic acids is 1. The molecular formula is C15H19F3O. The average molecular weight is 272 g/mol. The minimum absolute atomic E-state index is 0.0422. The standard InChI is InChI=1S/C15H19F3O/c1-3-13(15(16,17)18)10-14(19)9-11(2)12-7-5-4-6-8-12/h4-8,11,13H,3,9-10H2,1-2H3/t11-,13?/m1/s1. The number of Topliss-reactive ketones (excluding diaryl/α,β-unsaturated/α-hetero) is 1. The average Bonchev–Trinajstić information content (AvgIpc) is 2.35. The highest BCUT2D eigenvalue weighted by molar-refractivity contribution is 5.79. The fourth-order valence-electron chi connectivity index (χ4n) is 2.09. The van der Waals surface area contributed by atoms with Crippen LogP contribution in [0.5, 0.6) is 0 Å². The first-order chi connectivity index (χ1) is 8.84. The van der Waals surface area contributed by atoms with Gasteiger partial charge >= 0.3 is 6.18 Å². The summed E-state index contributed by atoms with van der Waals surface area (Å²) in [5, 5.41) is 0. The Bertz CT molecular complexity index is 398. The summed E-state index contributed by atoms with van der Waals surface area (Å²) >= 11 is 0. The van der Waals surface area contributed by atoms with Crippen LogP contribution < -0.4 is 0 Å². The van der Waals surface area contributed by atoms with Crippen molar-refractivity contribution in [2.75, 3.05) is 0 Å². The van der Waals surface area contributed by atoms with Crippen molar-refractivity contribution in [2.45, 2.75) is 45.2 Å². The summed E-state index contributed by atoms with van der Waals surface area (Å²) in [7, 11) is 0. The van der Waals surface area contributed by atoms with Crippen molar-refractivity contribution >= 4 is 5.78 Å². The molecule has 4 heteroatoms. The number of benzene rings is 1. The molecule has 0 aromatic heterocycles. The molecule has 0 fully saturated rings. The van der Waals surface area contributed by atoms with Gasteiger partial charge in [0.15, 0.2) is 0 Å². The topological polar surface area (TPSA) is 17.1 Å². The molecule has 0 bridgehead atoms. The van der Waals surface area contributed by atoms with Gasteiger partial charge in [-0.25, -0.2) is 0 Å². The Kier molecular flexibility index (Phi) is 5.58. The van der Waals surface area contributed by atoms with Crippen LogP contribution >= 0.6 is 0 Å². The first-order valence-electron chi connectivity index (χ1n) is 6.48. The van der Waals surface area contributed by atoms with Crippen molar-refractivity contribution in [2.24, 2.45) is 5.92 Å². The Balaban J connectivity index is 2.56. The maximum Gasteiger partial charge on any atom is 0.392 e. The molecule has 1 aromatic rings. The maximum absolute atomic E-state index is 12.6. The summed E-state index contributed by atoms with van der Waals surface area (Å²) < 4.78 is 37.8. The lowest BCUT2D eigenvalue weighted by atomic mass is 9.91. The molecule has 0 heterocycles. The van der Waals surface area contributed by atoms with E-state index in [1.807, 2.05) is 37.3 Å². The Hall–Kier alpha value is -1.32. The molecule has 0 saturated carbocycles.